The predicted octanol–water partition coefficient (Wildman–Crippen LogP) is 4.51. The zero-order valence-electron chi connectivity index (χ0n) is 11.1. The largest absolute Gasteiger partial charge is 0.223 e. The van der Waals surface area contributed by atoms with Crippen LogP contribution in [0.15, 0.2) is 46.2 Å². The summed E-state index contributed by atoms with van der Waals surface area (Å²) in [4.78, 5) is -0.734. The normalized spacial score (nSPS) is 12.3. The quantitative estimate of drug-likeness (QED) is 0.711. The van der Waals surface area contributed by atoms with E-state index in [4.69, 9.17) is 46.4 Å². The van der Waals surface area contributed by atoms with Crippen molar-refractivity contribution < 1.29 is 16.8 Å². The predicted molar refractivity (Wildman–Crippen MR) is 92.2 cm³/mol. The number of hydrogen-bond acceptors (Lipinski definition) is 4. The molecule has 0 radical (unpaired) electrons. The van der Waals surface area contributed by atoms with Crippen molar-refractivity contribution in [2.24, 2.45) is 0 Å². The first-order valence-corrected chi connectivity index (χ1v) is 10.7. The van der Waals surface area contributed by atoms with Gasteiger partial charge in [-0.25, -0.2) is 16.8 Å². The van der Waals surface area contributed by atoms with Crippen molar-refractivity contribution in [1.29, 1.82) is 0 Å². The van der Waals surface area contributed by atoms with Gasteiger partial charge in [-0.05, 0) is 36.4 Å². The maximum Gasteiger partial charge on any atom is 0.194 e. The summed E-state index contributed by atoms with van der Waals surface area (Å²) in [6, 6.07) is 7.52. The molecule has 4 nitrogen and oxygen atoms in total. The Kier molecular flexibility index (Phi) is 5.55. The van der Waals surface area contributed by atoms with Gasteiger partial charge in [0.05, 0.1) is 19.8 Å². The van der Waals surface area contributed by atoms with Gasteiger partial charge >= 0.3 is 0 Å². The van der Waals surface area contributed by atoms with Gasteiger partial charge in [0.2, 0.25) is 0 Å². The molecular formula is C13H8Cl4O4S2. The maximum absolute atomic E-state index is 12.4. The second-order valence-electron chi connectivity index (χ2n) is 4.50. The zero-order valence-corrected chi connectivity index (χ0v) is 15.8. The molecule has 0 unspecified atom stereocenters. The highest BCUT2D eigenvalue weighted by atomic mass is 35.5. The van der Waals surface area contributed by atoms with Gasteiger partial charge in [0, 0.05) is 10.0 Å². The lowest BCUT2D eigenvalue weighted by Crippen LogP contribution is -2.17. The van der Waals surface area contributed by atoms with Crippen LogP contribution in [0, 0.1) is 0 Å². The lowest BCUT2D eigenvalue weighted by Gasteiger charge is -2.09. The van der Waals surface area contributed by atoms with Gasteiger partial charge in [-0.2, -0.15) is 0 Å². The average molecular weight is 434 g/mol. The summed E-state index contributed by atoms with van der Waals surface area (Å²) >= 11 is 23.2. The fourth-order valence-corrected chi connectivity index (χ4v) is 7.17. The summed E-state index contributed by atoms with van der Waals surface area (Å²) in [5.41, 5.74) is 0. The third kappa shape index (κ3) is 4.32. The average Bonchev–Trinajstić information content (AvgIpc) is 2.42. The Morgan fingerprint density at radius 2 is 1.00 bits per heavy atom. The number of benzene rings is 2. The van der Waals surface area contributed by atoms with Crippen LogP contribution >= 0.6 is 46.4 Å². The molecule has 0 fully saturated rings. The van der Waals surface area contributed by atoms with Gasteiger partial charge in [-0.3, -0.25) is 0 Å². The molecule has 0 aliphatic heterocycles. The standard InChI is InChI=1S/C13H8Cl4O4S2/c14-8-1-3-10(16)12(5-8)22(18,19)7-23(20,21)13-6-9(15)2-4-11(13)17/h1-6H,7H2. The van der Waals surface area contributed by atoms with E-state index in [1.807, 2.05) is 0 Å². The van der Waals surface area contributed by atoms with Gasteiger partial charge in [0.15, 0.2) is 24.8 Å². The summed E-state index contributed by atoms with van der Waals surface area (Å²) in [7, 11) is -8.51. The van der Waals surface area contributed by atoms with Crippen LogP contribution in [0.5, 0.6) is 0 Å². The minimum Gasteiger partial charge on any atom is -0.223 e. The molecule has 0 bridgehead atoms. The number of hydrogen-bond donors (Lipinski definition) is 0. The van der Waals surface area contributed by atoms with Crippen LogP contribution in [0.4, 0.5) is 0 Å². The molecule has 0 aromatic heterocycles. The monoisotopic (exact) mass is 432 g/mol. The molecule has 0 heterocycles. The van der Waals surface area contributed by atoms with Gasteiger partial charge in [-0.1, -0.05) is 46.4 Å². The van der Waals surface area contributed by atoms with E-state index in [1.165, 1.54) is 24.3 Å². The highest BCUT2D eigenvalue weighted by molar-refractivity contribution is 8.08. The van der Waals surface area contributed by atoms with E-state index in [1.54, 1.807) is 0 Å². The highest BCUT2D eigenvalue weighted by Gasteiger charge is 2.29. The van der Waals surface area contributed by atoms with Crippen molar-refractivity contribution in [2.75, 3.05) is 5.08 Å². The Morgan fingerprint density at radius 3 is 1.35 bits per heavy atom. The first-order valence-electron chi connectivity index (χ1n) is 5.88. The third-order valence-electron chi connectivity index (χ3n) is 2.77. The number of rotatable bonds is 4. The lowest BCUT2D eigenvalue weighted by molar-refractivity contribution is 0.589. The molecule has 0 aliphatic carbocycles. The van der Waals surface area contributed by atoms with Gasteiger partial charge in [0.25, 0.3) is 0 Å². The van der Waals surface area contributed by atoms with Crippen molar-refractivity contribution in [1.82, 2.24) is 0 Å². The molecule has 124 valence electrons. The molecule has 2 rings (SSSR count). The molecule has 0 aliphatic rings. The van der Waals surface area contributed by atoms with Crippen molar-refractivity contribution in [3.8, 4) is 0 Å². The van der Waals surface area contributed by atoms with E-state index in [0.717, 1.165) is 12.1 Å². The van der Waals surface area contributed by atoms with Gasteiger partial charge in [0.1, 0.15) is 0 Å². The topological polar surface area (TPSA) is 68.3 Å². The molecule has 2 aromatic rings. The molecule has 2 aromatic carbocycles. The van der Waals surface area contributed by atoms with Crippen LogP contribution in [0.3, 0.4) is 0 Å². The Hall–Kier alpha value is -0.500. The lowest BCUT2D eigenvalue weighted by atomic mass is 10.4. The van der Waals surface area contributed by atoms with E-state index in [-0.39, 0.29) is 29.9 Å². The highest BCUT2D eigenvalue weighted by Crippen LogP contribution is 2.30. The summed E-state index contributed by atoms with van der Waals surface area (Å²) < 4.78 is 49.6. The van der Waals surface area contributed by atoms with Gasteiger partial charge in [-0.15, -0.1) is 0 Å². The summed E-state index contributed by atoms with van der Waals surface area (Å²) in [5, 5.41) is -1.22. The molecule has 0 atom stereocenters. The van der Waals surface area contributed by atoms with Crippen LogP contribution in [0.25, 0.3) is 0 Å². The van der Waals surface area contributed by atoms with Crippen molar-refractivity contribution in [3.63, 3.8) is 0 Å². The fraction of sp³-hybridized carbons (Fsp3) is 0.0769. The second kappa shape index (κ2) is 6.78. The third-order valence-corrected chi connectivity index (χ3v) is 8.62. The van der Waals surface area contributed by atoms with Crippen molar-refractivity contribution in [3.05, 3.63) is 56.5 Å². The van der Waals surface area contributed by atoms with E-state index < -0.39 is 24.8 Å². The molecule has 0 saturated heterocycles. The molecule has 10 heteroatoms. The van der Waals surface area contributed by atoms with E-state index in [9.17, 15) is 16.8 Å². The second-order valence-corrected chi connectivity index (χ2v) is 10.5. The van der Waals surface area contributed by atoms with Gasteiger partial charge < -0.3 is 0 Å². The van der Waals surface area contributed by atoms with E-state index >= 15 is 0 Å². The first-order chi connectivity index (χ1) is 10.5. The smallest absolute Gasteiger partial charge is 0.194 e. The van der Waals surface area contributed by atoms with E-state index in [2.05, 4.69) is 0 Å². The minimum atomic E-state index is -4.25. The summed E-state index contributed by atoms with van der Waals surface area (Å²) in [5.74, 6) is 0. The van der Waals surface area contributed by atoms with Crippen LogP contribution in [0.1, 0.15) is 0 Å². The van der Waals surface area contributed by atoms with Crippen molar-refractivity contribution >= 4 is 66.1 Å². The number of halogens is 4. The van der Waals surface area contributed by atoms with E-state index in [0.29, 0.717) is 0 Å². The summed E-state index contributed by atoms with van der Waals surface area (Å²) in [6.07, 6.45) is 0. The van der Waals surface area contributed by atoms with Crippen LogP contribution in [-0.4, -0.2) is 21.9 Å². The van der Waals surface area contributed by atoms with Crippen LogP contribution in [0.2, 0.25) is 20.1 Å². The summed E-state index contributed by atoms with van der Waals surface area (Å²) in [6.45, 7) is 0. The van der Waals surface area contributed by atoms with Crippen molar-refractivity contribution in [2.45, 2.75) is 9.79 Å². The Bertz CT molecular complexity index is 890. The SMILES string of the molecule is O=S(=O)(CS(=O)(=O)c1cc(Cl)ccc1Cl)c1cc(Cl)ccc1Cl. The Labute approximate surface area is 153 Å². The maximum atomic E-state index is 12.4. The Morgan fingerprint density at radius 1 is 0.652 bits per heavy atom. The molecular weight excluding hydrogens is 426 g/mol. The fourth-order valence-electron chi connectivity index (χ4n) is 1.76. The van der Waals surface area contributed by atoms with Crippen LogP contribution < -0.4 is 0 Å². The molecule has 0 spiro atoms. The van der Waals surface area contributed by atoms with Crippen LogP contribution in [-0.2, 0) is 19.7 Å². The first kappa shape index (κ1) is 18.8. The zero-order chi connectivity index (χ0) is 17.4. The molecule has 0 saturated carbocycles. The Balaban J connectivity index is 2.51. The molecule has 23 heavy (non-hydrogen) atoms. The molecule has 0 N–H and O–H groups in total. The molecule has 0 amide bonds. The number of sulfone groups is 2. The minimum absolute atomic E-state index is 0.117.